The van der Waals surface area contributed by atoms with Crippen molar-refractivity contribution in [3.63, 3.8) is 0 Å². The lowest BCUT2D eigenvalue weighted by atomic mass is 9.87. The van der Waals surface area contributed by atoms with Gasteiger partial charge in [-0.2, -0.15) is 0 Å². The van der Waals surface area contributed by atoms with Crippen LogP contribution in [0.1, 0.15) is 50.1 Å². The van der Waals surface area contributed by atoms with Crippen molar-refractivity contribution in [2.75, 3.05) is 0 Å². The van der Waals surface area contributed by atoms with Crippen LogP contribution < -0.4 is 4.74 Å². The van der Waals surface area contributed by atoms with Gasteiger partial charge in [0.1, 0.15) is 12.4 Å². The van der Waals surface area contributed by atoms with Crippen molar-refractivity contribution >= 4 is 6.08 Å². The highest BCUT2D eigenvalue weighted by Gasteiger charge is 2.16. The summed E-state index contributed by atoms with van der Waals surface area (Å²) in [5, 5.41) is 0. The summed E-state index contributed by atoms with van der Waals surface area (Å²) < 4.78 is 6.27. The number of hydrogen-bond acceptors (Lipinski definition) is 1. The summed E-state index contributed by atoms with van der Waals surface area (Å²) in [6, 6.07) is 13.0. The topological polar surface area (TPSA) is 9.23 Å². The minimum atomic E-state index is 0.569. The van der Waals surface area contributed by atoms with Gasteiger partial charge in [-0.25, -0.2) is 0 Å². The Labute approximate surface area is 176 Å². The van der Waals surface area contributed by atoms with Gasteiger partial charge in [-0.3, -0.25) is 0 Å². The third kappa shape index (κ3) is 4.00. The number of ether oxygens (including phenoxy) is 1. The molecule has 3 aromatic carbocycles. The number of aryl methyl sites for hydroxylation is 2. The van der Waals surface area contributed by atoms with Gasteiger partial charge < -0.3 is 4.74 Å². The third-order valence-electron chi connectivity index (χ3n) is 6.40. The third-order valence-corrected chi connectivity index (χ3v) is 6.40. The fourth-order valence-electron chi connectivity index (χ4n) is 3.96. The van der Waals surface area contributed by atoms with Gasteiger partial charge in [0.05, 0.1) is 0 Å². The maximum Gasteiger partial charge on any atom is 0.125 e. The Bertz CT molecular complexity index is 1070. The van der Waals surface area contributed by atoms with Gasteiger partial charge in [-0.15, -0.1) is 0 Å². The maximum absolute atomic E-state index is 6.27. The number of rotatable bonds is 5. The minimum Gasteiger partial charge on any atom is -0.488 e. The van der Waals surface area contributed by atoms with Crippen molar-refractivity contribution in [1.29, 1.82) is 0 Å². The van der Waals surface area contributed by atoms with E-state index >= 15 is 0 Å². The van der Waals surface area contributed by atoms with Crippen molar-refractivity contribution < 1.29 is 4.74 Å². The molecule has 1 heteroatoms. The zero-order valence-electron chi connectivity index (χ0n) is 18.9. The molecule has 0 heterocycles. The lowest BCUT2D eigenvalue weighted by Gasteiger charge is -2.21. The standard InChI is InChI=1S/C28H32O/c1-9-24-10-12-25(13-11-24)16-29-28-18(3)15-27(22(7)23(28)8)26-14-17(2)19(4)20(5)21(26)6/h9-15H,1,16H2,2-8H3. The van der Waals surface area contributed by atoms with Crippen LogP contribution >= 0.6 is 0 Å². The molecule has 0 saturated heterocycles. The van der Waals surface area contributed by atoms with Crippen LogP contribution in [0.3, 0.4) is 0 Å². The average molecular weight is 385 g/mol. The van der Waals surface area contributed by atoms with Crippen LogP contribution in [0.5, 0.6) is 5.75 Å². The molecule has 0 saturated carbocycles. The van der Waals surface area contributed by atoms with E-state index in [0.29, 0.717) is 6.61 Å². The Morgan fingerprint density at radius 2 is 1.24 bits per heavy atom. The van der Waals surface area contributed by atoms with Gasteiger partial charge in [0, 0.05) is 0 Å². The fourth-order valence-corrected chi connectivity index (χ4v) is 3.96. The highest BCUT2D eigenvalue weighted by Crippen LogP contribution is 2.38. The molecule has 0 aliphatic carbocycles. The Kier molecular flexibility index (Phi) is 5.98. The van der Waals surface area contributed by atoms with Crippen LogP contribution in [0, 0.1) is 48.5 Å². The van der Waals surface area contributed by atoms with E-state index in [-0.39, 0.29) is 0 Å². The number of benzene rings is 3. The van der Waals surface area contributed by atoms with Crippen LogP contribution in [0.4, 0.5) is 0 Å². The summed E-state index contributed by atoms with van der Waals surface area (Å²) in [4.78, 5) is 0. The molecule has 3 aromatic rings. The predicted molar refractivity (Wildman–Crippen MR) is 126 cm³/mol. The molecule has 0 N–H and O–H groups in total. The Morgan fingerprint density at radius 3 is 1.83 bits per heavy atom. The van der Waals surface area contributed by atoms with Crippen molar-refractivity contribution in [3.8, 4) is 16.9 Å². The number of hydrogen-bond donors (Lipinski definition) is 0. The van der Waals surface area contributed by atoms with E-state index < -0.39 is 0 Å². The molecule has 0 aromatic heterocycles. The fraction of sp³-hybridized carbons (Fsp3) is 0.286. The molecule has 0 radical (unpaired) electrons. The normalized spacial score (nSPS) is 10.9. The van der Waals surface area contributed by atoms with Crippen molar-refractivity contribution in [3.05, 3.63) is 93.0 Å². The van der Waals surface area contributed by atoms with Gasteiger partial charge in [0.2, 0.25) is 0 Å². The zero-order chi connectivity index (χ0) is 21.3. The van der Waals surface area contributed by atoms with E-state index in [4.69, 9.17) is 4.74 Å². The summed E-state index contributed by atoms with van der Waals surface area (Å²) in [6.45, 7) is 19.8. The maximum atomic E-state index is 6.27. The molecule has 0 spiro atoms. The molecule has 0 amide bonds. The second-order valence-corrected chi connectivity index (χ2v) is 8.17. The van der Waals surface area contributed by atoms with Crippen LogP contribution in [-0.4, -0.2) is 0 Å². The molecule has 0 aliphatic heterocycles. The lowest BCUT2D eigenvalue weighted by molar-refractivity contribution is 0.302. The molecular weight excluding hydrogens is 352 g/mol. The Balaban J connectivity index is 1.97. The van der Waals surface area contributed by atoms with Crippen LogP contribution in [0.2, 0.25) is 0 Å². The van der Waals surface area contributed by atoms with Gasteiger partial charge >= 0.3 is 0 Å². The first-order valence-electron chi connectivity index (χ1n) is 10.3. The first-order chi connectivity index (χ1) is 13.7. The molecular formula is C28H32O. The molecule has 0 atom stereocenters. The van der Waals surface area contributed by atoms with E-state index in [0.717, 1.165) is 16.9 Å². The SMILES string of the molecule is C=Cc1ccc(COc2c(C)cc(-c3cc(C)c(C)c(C)c3C)c(C)c2C)cc1. The van der Waals surface area contributed by atoms with Crippen molar-refractivity contribution in [2.24, 2.45) is 0 Å². The van der Waals surface area contributed by atoms with Crippen molar-refractivity contribution in [1.82, 2.24) is 0 Å². The molecule has 0 fully saturated rings. The molecule has 150 valence electrons. The summed E-state index contributed by atoms with van der Waals surface area (Å²) in [6.07, 6.45) is 1.86. The first-order valence-corrected chi connectivity index (χ1v) is 10.3. The van der Waals surface area contributed by atoms with E-state index in [1.54, 1.807) is 0 Å². The second-order valence-electron chi connectivity index (χ2n) is 8.17. The van der Waals surface area contributed by atoms with Crippen molar-refractivity contribution in [2.45, 2.75) is 55.1 Å². The molecule has 0 bridgehead atoms. The second kappa shape index (κ2) is 8.29. The Hall–Kier alpha value is -2.80. The molecule has 0 unspecified atom stereocenters. The van der Waals surface area contributed by atoms with Crippen LogP contribution in [0.15, 0.2) is 43.0 Å². The summed E-state index contributed by atoms with van der Waals surface area (Å²) in [5.41, 5.74) is 14.1. The summed E-state index contributed by atoms with van der Waals surface area (Å²) in [5.74, 6) is 0.997. The molecule has 0 aliphatic rings. The quantitative estimate of drug-likeness (QED) is 0.437. The summed E-state index contributed by atoms with van der Waals surface area (Å²) >= 11 is 0. The van der Waals surface area contributed by atoms with E-state index in [1.807, 2.05) is 6.08 Å². The molecule has 1 nitrogen and oxygen atoms in total. The monoisotopic (exact) mass is 384 g/mol. The summed E-state index contributed by atoms with van der Waals surface area (Å²) in [7, 11) is 0. The highest BCUT2D eigenvalue weighted by molar-refractivity contribution is 5.76. The van der Waals surface area contributed by atoms with E-state index in [1.165, 1.54) is 50.1 Å². The van der Waals surface area contributed by atoms with Gasteiger partial charge in [0.25, 0.3) is 0 Å². The lowest BCUT2D eigenvalue weighted by Crippen LogP contribution is -2.03. The highest BCUT2D eigenvalue weighted by atomic mass is 16.5. The zero-order valence-corrected chi connectivity index (χ0v) is 18.9. The molecule has 3 rings (SSSR count). The average Bonchev–Trinajstić information content (AvgIpc) is 2.72. The van der Waals surface area contributed by atoms with Crippen LogP contribution in [0.25, 0.3) is 17.2 Å². The minimum absolute atomic E-state index is 0.569. The molecule has 29 heavy (non-hydrogen) atoms. The first kappa shape index (κ1) is 20.9. The Morgan fingerprint density at radius 1 is 0.690 bits per heavy atom. The van der Waals surface area contributed by atoms with Crippen LogP contribution in [-0.2, 0) is 6.61 Å². The van der Waals surface area contributed by atoms with E-state index in [9.17, 15) is 0 Å². The van der Waals surface area contributed by atoms with E-state index in [2.05, 4.69) is 91.4 Å². The smallest absolute Gasteiger partial charge is 0.125 e. The predicted octanol–water partition coefficient (Wildman–Crippen LogP) is 7.73. The van der Waals surface area contributed by atoms with Gasteiger partial charge in [-0.05, 0) is 116 Å². The largest absolute Gasteiger partial charge is 0.488 e. The van der Waals surface area contributed by atoms with Gasteiger partial charge in [-0.1, -0.05) is 43.0 Å². The van der Waals surface area contributed by atoms with Gasteiger partial charge in [0.15, 0.2) is 0 Å².